The number of hydrogen-bond donors (Lipinski definition) is 2. The highest BCUT2D eigenvalue weighted by molar-refractivity contribution is 7.17. The Morgan fingerprint density at radius 3 is 2.50 bits per heavy atom. The normalized spacial score (nSPS) is 30.3. The van der Waals surface area contributed by atoms with Crippen LogP contribution in [0.4, 0.5) is 5.13 Å². The lowest BCUT2D eigenvalue weighted by Crippen LogP contribution is -2.48. The number of nitrogens with two attached hydrogens (primary N) is 1. The molecular formula is C15H22ClN3O2S. The maximum atomic E-state index is 12.4. The number of Topliss-reactive ketones (excluding diaryl/α,β-unsaturated/α-hetero) is 1. The lowest BCUT2D eigenvalue weighted by atomic mass is 9.65. The molecule has 2 atom stereocenters. The van der Waals surface area contributed by atoms with E-state index >= 15 is 0 Å². The largest absolute Gasteiger partial charge is 0.327 e. The van der Waals surface area contributed by atoms with E-state index in [1.165, 1.54) is 30.9 Å². The molecule has 1 heterocycles. The summed E-state index contributed by atoms with van der Waals surface area (Å²) in [5, 5.41) is 3.39. The van der Waals surface area contributed by atoms with Gasteiger partial charge in [0.05, 0.1) is 11.1 Å². The van der Waals surface area contributed by atoms with Crippen molar-refractivity contribution in [3.05, 3.63) is 11.1 Å². The highest BCUT2D eigenvalue weighted by atomic mass is 35.5. The van der Waals surface area contributed by atoms with E-state index in [4.69, 9.17) is 5.73 Å². The number of thiazole rings is 1. The molecule has 1 amide bonds. The van der Waals surface area contributed by atoms with Crippen LogP contribution in [0.3, 0.4) is 0 Å². The number of aromatic nitrogens is 1. The Labute approximate surface area is 140 Å². The van der Waals surface area contributed by atoms with Crippen molar-refractivity contribution in [2.45, 2.75) is 45.1 Å². The number of halogens is 1. The molecule has 1 aromatic heterocycles. The number of nitrogens with one attached hydrogen (secondary N) is 1. The maximum Gasteiger partial charge on any atom is 0.229 e. The molecule has 3 rings (SSSR count). The monoisotopic (exact) mass is 343 g/mol. The molecule has 0 radical (unpaired) electrons. The summed E-state index contributed by atoms with van der Waals surface area (Å²) in [6.07, 6.45) is 6.82. The summed E-state index contributed by atoms with van der Waals surface area (Å²) >= 11 is 1.24. The Morgan fingerprint density at radius 1 is 1.32 bits per heavy atom. The zero-order valence-corrected chi connectivity index (χ0v) is 14.2. The molecule has 0 spiro atoms. The van der Waals surface area contributed by atoms with Crippen molar-refractivity contribution in [1.82, 2.24) is 4.98 Å². The molecule has 2 fully saturated rings. The van der Waals surface area contributed by atoms with E-state index in [9.17, 15) is 9.59 Å². The molecule has 22 heavy (non-hydrogen) atoms. The predicted octanol–water partition coefficient (Wildman–Crippen LogP) is 2.86. The Balaban J connectivity index is 0.00000176. The minimum absolute atomic E-state index is 0. The van der Waals surface area contributed by atoms with E-state index in [-0.39, 0.29) is 36.1 Å². The van der Waals surface area contributed by atoms with Crippen LogP contribution in [0.1, 0.15) is 48.7 Å². The summed E-state index contributed by atoms with van der Waals surface area (Å²) in [4.78, 5) is 28.3. The fourth-order valence-electron chi connectivity index (χ4n) is 3.71. The van der Waals surface area contributed by atoms with Gasteiger partial charge in [0.1, 0.15) is 0 Å². The van der Waals surface area contributed by atoms with Crippen molar-refractivity contribution in [1.29, 1.82) is 0 Å². The van der Waals surface area contributed by atoms with Crippen LogP contribution in [0.2, 0.25) is 0 Å². The van der Waals surface area contributed by atoms with Crippen LogP contribution in [0.15, 0.2) is 6.20 Å². The van der Waals surface area contributed by atoms with Gasteiger partial charge in [0.25, 0.3) is 0 Å². The van der Waals surface area contributed by atoms with Crippen LogP contribution in [0, 0.1) is 17.8 Å². The Morgan fingerprint density at radius 2 is 1.95 bits per heavy atom. The van der Waals surface area contributed by atoms with Gasteiger partial charge in [-0.05, 0) is 37.5 Å². The summed E-state index contributed by atoms with van der Waals surface area (Å²) in [5.74, 6) is 1.01. The van der Waals surface area contributed by atoms with Gasteiger partial charge in [0.2, 0.25) is 5.91 Å². The van der Waals surface area contributed by atoms with Gasteiger partial charge < -0.3 is 11.1 Å². The van der Waals surface area contributed by atoms with Crippen LogP contribution in [0.5, 0.6) is 0 Å². The molecule has 2 bridgehead atoms. The molecule has 0 aliphatic heterocycles. The summed E-state index contributed by atoms with van der Waals surface area (Å²) in [5.41, 5.74) is 6.26. The molecule has 5 nitrogen and oxygen atoms in total. The SMILES string of the molecule is CC(=O)c1cnc(NC(=O)C2CC3CCCC(C2)C3N)s1.Cl. The van der Waals surface area contributed by atoms with Gasteiger partial charge in [-0.15, -0.1) is 12.4 Å². The minimum Gasteiger partial charge on any atom is -0.327 e. The molecule has 1 aromatic rings. The van der Waals surface area contributed by atoms with Gasteiger partial charge in [0, 0.05) is 18.9 Å². The average Bonchev–Trinajstić information content (AvgIpc) is 2.87. The van der Waals surface area contributed by atoms with Gasteiger partial charge in [-0.3, -0.25) is 9.59 Å². The first-order valence-corrected chi connectivity index (χ1v) is 8.39. The molecule has 0 saturated heterocycles. The molecule has 0 aromatic carbocycles. The Bertz CT molecular complexity index is 549. The van der Waals surface area contributed by atoms with Gasteiger partial charge in [-0.25, -0.2) is 4.98 Å². The smallest absolute Gasteiger partial charge is 0.229 e. The van der Waals surface area contributed by atoms with Crippen molar-refractivity contribution in [3.63, 3.8) is 0 Å². The van der Waals surface area contributed by atoms with Crippen LogP contribution in [-0.4, -0.2) is 22.7 Å². The molecule has 122 valence electrons. The molecule has 2 saturated carbocycles. The first-order valence-electron chi connectivity index (χ1n) is 7.58. The van der Waals surface area contributed by atoms with E-state index in [1.807, 2.05) is 0 Å². The summed E-state index contributed by atoms with van der Waals surface area (Å²) in [6.45, 7) is 1.50. The lowest BCUT2D eigenvalue weighted by molar-refractivity contribution is -0.122. The third-order valence-electron chi connectivity index (χ3n) is 4.87. The standard InChI is InChI=1S/C15H21N3O2S.ClH/c1-8(19)12-7-17-15(21-12)18-14(20)11-5-9-3-2-4-10(6-11)13(9)16;/h7,9-11,13H,2-6,16H2,1H3,(H,17,18,20);1H. The third kappa shape index (κ3) is 3.50. The zero-order valence-electron chi connectivity index (χ0n) is 12.6. The number of hydrogen-bond acceptors (Lipinski definition) is 5. The van der Waals surface area contributed by atoms with E-state index in [0.717, 1.165) is 25.7 Å². The molecule has 2 unspecified atom stereocenters. The summed E-state index contributed by atoms with van der Waals surface area (Å²) < 4.78 is 0. The minimum atomic E-state index is -0.0221. The van der Waals surface area contributed by atoms with Crippen LogP contribution in [-0.2, 0) is 4.79 Å². The first-order chi connectivity index (χ1) is 10.0. The number of ketones is 1. The first kappa shape index (κ1) is 17.4. The van der Waals surface area contributed by atoms with Crippen LogP contribution >= 0.6 is 23.7 Å². The molecule has 3 N–H and O–H groups in total. The van der Waals surface area contributed by atoms with Crippen LogP contribution in [0.25, 0.3) is 0 Å². The van der Waals surface area contributed by atoms with E-state index in [1.54, 1.807) is 0 Å². The number of rotatable bonds is 3. The molecular weight excluding hydrogens is 322 g/mol. The number of nitrogens with zero attached hydrogens (tertiary/aromatic N) is 1. The lowest BCUT2D eigenvalue weighted by Gasteiger charge is -2.43. The zero-order chi connectivity index (χ0) is 15.0. The number of amides is 1. The summed E-state index contributed by atoms with van der Waals surface area (Å²) in [6, 6.07) is 0.270. The second kappa shape index (κ2) is 7.06. The van der Waals surface area contributed by atoms with E-state index in [0.29, 0.717) is 21.8 Å². The third-order valence-corrected chi connectivity index (χ3v) is 5.88. The number of fused-ring (bicyclic) bond motifs is 2. The van der Waals surface area contributed by atoms with E-state index < -0.39 is 0 Å². The second-order valence-electron chi connectivity index (χ2n) is 6.27. The highest BCUT2D eigenvalue weighted by Crippen LogP contribution is 2.42. The topological polar surface area (TPSA) is 85.1 Å². The van der Waals surface area contributed by atoms with Gasteiger partial charge in [-0.2, -0.15) is 0 Å². The maximum absolute atomic E-state index is 12.4. The van der Waals surface area contributed by atoms with E-state index in [2.05, 4.69) is 10.3 Å². The fourth-order valence-corrected chi connectivity index (χ4v) is 4.42. The number of anilines is 1. The number of carbonyl (C=O) groups excluding carboxylic acids is 2. The fraction of sp³-hybridized carbons (Fsp3) is 0.667. The van der Waals surface area contributed by atoms with Gasteiger partial charge in [0.15, 0.2) is 10.9 Å². The Hall–Kier alpha value is -0.980. The van der Waals surface area contributed by atoms with Crippen molar-refractivity contribution in [2.24, 2.45) is 23.5 Å². The second-order valence-corrected chi connectivity index (χ2v) is 7.30. The van der Waals surface area contributed by atoms with Crippen LogP contribution < -0.4 is 11.1 Å². The predicted molar refractivity (Wildman–Crippen MR) is 89.5 cm³/mol. The number of carbonyl (C=O) groups is 2. The van der Waals surface area contributed by atoms with Crippen molar-refractivity contribution >= 4 is 40.6 Å². The molecule has 2 aliphatic rings. The molecule has 2 aliphatic carbocycles. The Kier molecular flexibility index (Phi) is 5.58. The summed E-state index contributed by atoms with van der Waals surface area (Å²) in [7, 11) is 0. The van der Waals surface area contributed by atoms with Crippen molar-refractivity contribution in [3.8, 4) is 0 Å². The van der Waals surface area contributed by atoms with Crippen molar-refractivity contribution < 1.29 is 9.59 Å². The van der Waals surface area contributed by atoms with Gasteiger partial charge >= 0.3 is 0 Å². The highest BCUT2D eigenvalue weighted by Gasteiger charge is 2.40. The molecule has 7 heteroatoms. The average molecular weight is 344 g/mol. The van der Waals surface area contributed by atoms with Gasteiger partial charge in [-0.1, -0.05) is 17.8 Å². The quantitative estimate of drug-likeness (QED) is 0.826. The van der Waals surface area contributed by atoms with Crippen molar-refractivity contribution in [2.75, 3.05) is 5.32 Å².